The number of halogens is 2. The largest absolute Gasteiger partial charge is 0.490 e. The third kappa shape index (κ3) is 4.69. The highest BCUT2D eigenvalue weighted by Gasteiger charge is 2.38. The number of allylic oxidation sites excluding steroid dienone is 3. The Labute approximate surface area is 205 Å². The third-order valence-electron chi connectivity index (χ3n) is 5.57. The van der Waals surface area contributed by atoms with Gasteiger partial charge in [-0.3, -0.25) is 4.79 Å². The van der Waals surface area contributed by atoms with Crippen molar-refractivity contribution in [1.82, 2.24) is 0 Å². The highest BCUT2D eigenvalue weighted by Crippen LogP contribution is 2.46. The lowest BCUT2D eigenvalue weighted by molar-refractivity contribution is -0.116. The first kappa shape index (κ1) is 23.1. The average molecular weight is 560 g/mol. The Morgan fingerprint density at radius 1 is 1.24 bits per heavy atom. The molecule has 2 aliphatic rings. The van der Waals surface area contributed by atoms with Crippen LogP contribution in [0.3, 0.4) is 0 Å². The van der Waals surface area contributed by atoms with Crippen LogP contribution in [0.5, 0.6) is 11.5 Å². The van der Waals surface area contributed by atoms with Gasteiger partial charge in [-0.1, -0.05) is 12.1 Å². The summed E-state index contributed by atoms with van der Waals surface area (Å²) in [7, 11) is 0. The number of carbonyl (C=O) groups is 1. The van der Waals surface area contributed by atoms with Crippen molar-refractivity contribution in [2.75, 3.05) is 6.61 Å². The number of rotatable bonds is 6. The quantitative estimate of drug-likeness (QED) is 0.487. The summed E-state index contributed by atoms with van der Waals surface area (Å²) in [6.07, 6.45) is 1.70. The molecule has 0 amide bonds. The molecule has 0 spiro atoms. The second-order valence-corrected chi connectivity index (χ2v) is 8.88. The first-order valence-electron chi connectivity index (χ1n) is 10.6. The van der Waals surface area contributed by atoms with E-state index in [2.05, 4.69) is 28.7 Å². The second-order valence-electron chi connectivity index (χ2n) is 7.72. The molecule has 0 aromatic heterocycles. The number of nitrogens with zero attached hydrogens (tertiary/aromatic N) is 1. The van der Waals surface area contributed by atoms with Crippen LogP contribution in [0.15, 0.2) is 59.2 Å². The molecule has 6 nitrogen and oxygen atoms in total. The molecule has 0 unspecified atom stereocenters. The van der Waals surface area contributed by atoms with Gasteiger partial charge in [0.25, 0.3) is 0 Å². The number of nitriles is 1. The molecule has 0 bridgehead atoms. The molecule has 1 heterocycles. The van der Waals surface area contributed by atoms with Gasteiger partial charge in [0.05, 0.1) is 16.1 Å². The fourth-order valence-corrected chi connectivity index (χ4v) is 4.86. The fraction of sp³-hybridized carbons (Fsp3) is 0.280. The fourth-order valence-electron chi connectivity index (χ4n) is 4.08. The van der Waals surface area contributed by atoms with Crippen LogP contribution in [-0.2, 0) is 16.1 Å². The summed E-state index contributed by atoms with van der Waals surface area (Å²) in [6.45, 7) is 2.49. The van der Waals surface area contributed by atoms with Crippen molar-refractivity contribution in [3.63, 3.8) is 0 Å². The number of hydrogen-bond donors (Lipinski definition) is 1. The summed E-state index contributed by atoms with van der Waals surface area (Å²) in [5.74, 6) is 0.636. The van der Waals surface area contributed by atoms with Gasteiger partial charge in [-0.05, 0) is 71.3 Å². The predicted molar refractivity (Wildman–Crippen MR) is 128 cm³/mol. The van der Waals surface area contributed by atoms with Crippen molar-refractivity contribution in [1.29, 1.82) is 5.26 Å². The van der Waals surface area contributed by atoms with E-state index in [0.717, 1.165) is 9.13 Å². The molecular weight excluding hydrogens is 538 g/mol. The summed E-state index contributed by atoms with van der Waals surface area (Å²) in [5, 5.41) is 9.81. The van der Waals surface area contributed by atoms with Crippen molar-refractivity contribution < 1.29 is 23.4 Å². The standard InChI is InChI=1S/C25H22FIN2O4/c1-2-31-21-11-15(10-18(27)24(21)32-13-14-6-8-16(26)9-7-14)22-17(12-28)25(29)33-20-5-3-4-19(30)23(20)22/h6-11,22H,2-5,13,29H2,1H3/t22-/m0/s1. The Morgan fingerprint density at radius 3 is 2.70 bits per heavy atom. The van der Waals surface area contributed by atoms with Crippen molar-refractivity contribution in [3.05, 3.63) is 79.7 Å². The molecule has 2 N–H and O–H groups in total. The summed E-state index contributed by atoms with van der Waals surface area (Å²) in [4.78, 5) is 12.8. The summed E-state index contributed by atoms with van der Waals surface area (Å²) >= 11 is 2.15. The molecule has 1 aliphatic carbocycles. The number of nitrogens with two attached hydrogens (primary N) is 1. The highest BCUT2D eigenvalue weighted by molar-refractivity contribution is 14.1. The van der Waals surface area contributed by atoms with Gasteiger partial charge in [0.15, 0.2) is 17.3 Å². The molecule has 33 heavy (non-hydrogen) atoms. The van der Waals surface area contributed by atoms with Gasteiger partial charge in [-0.2, -0.15) is 5.26 Å². The lowest BCUT2D eigenvalue weighted by atomic mass is 9.77. The molecule has 0 saturated heterocycles. The maximum Gasteiger partial charge on any atom is 0.205 e. The molecule has 1 atom stereocenters. The smallest absolute Gasteiger partial charge is 0.205 e. The number of carbonyl (C=O) groups excluding carboxylic acids is 1. The van der Waals surface area contributed by atoms with E-state index in [1.54, 1.807) is 18.2 Å². The van der Waals surface area contributed by atoms with Crippen LogP contribution in [0.4, 0.5) is 4.39 Å². The van der Waals surface area contributed by atoms with E-state index in [-0.39, 0.29) is 29.7 Å². The molecule has 170 valence electrons. The van der Waals surface area contributed by atoms with Gasteiger partial charge in [-0.15, -0.1) is 0 Å². The van der Waals surface area contributed by atoms with E-state index < -0.39 is 5.92 Å². The van der Waals surface area contributed by atoms with Crippen molar-refractivity contribution in [2.24, 2.45) is 5.73 Å². The molecule has 0 saturated carbocycles. The van der Waals surface area contributed by atoms with Crippen LogP contribution in [0.2, 0.25) is 0 Å². The third-order valence-corrected chi connectivity index (χ3v) is 6.37. The molecule has 4 rings (SSSR count). The molecule has 1 aliphatic heterocycles. The van der Waals surface area contributed by atoms with Crippen LogP contribution in [0.1, 0.15) is 43.2 Å². The number of ketones is 1. The van der Waals surface area contributed by atoms with E-state index >= 15 is 0 Å². The summed E-state index contributed by atoms with van der Waals surface area (Å²) in [6, 6.07) is 11.9. The minimum atomic E-state index is -0.620. The average Bonchev–Trinajstić information content (AvgIpc) is 2.79. The van der Waals surface area contributed by atoms with Crippen molar-refractivity contribution in [3.8, 4) is 17.6 Å². The zero-order chi connectivity index (χ0) is 23.5. The number of Topliss-reactive ketones (excluding diaryl/α,β-unsaturated/α-hetero) is 1. The van der Waals surface area contributed by atoms with E-state index in [9.17, 15) is 14.4 Å². The van der Waals surface area contributed by atoms with Gasteiger partial charge in [0.1, 0.15) is 29.8 Å². The number of ether oxygens (including phenoxy) is 3. The van der Waals surface area contributed by atoms with Gasteiger partial charge < -0.3 is 19.9 Å². The zero-order valence-electron chi connectivity index (χ0n) is 18.0. The van der Waals surface area contributed by atoms with Gasteiger partial charge >= 0.3 is 0 Å². The molecular formula is C25H22FIN2O4. The van der Waals surface area contributed by atoms with Crippen LogP contribution in [-0.4, -0.2) is 12.4 Å². The zero-order valence-corrected chi connectivity index (χ0v) is 20.1. The van der Waals surface area contributed by atoms with E-state index in [1.807, 2.05) is 13.0 Å². The Balaban J connectivity index is 1.75. The summed E-state index contributed by atoms with van der Waals surface area (Å²) in [5.41, 5.74) is 8.29. The second kappa shape index (κ2) is 9.83. The van der Waals surface area contributed by atoms with E-state index in [0.29, 0.717) is 54.3 Å². The monoisotopic (exact) mass is 560 g/mol. The Morgan fingerprint density at radius 2 is 2.00 bits per heavy atom. The normalized spacial score (nSPS) is 17.9. The Kier molecular flexibility index (Phi) is 6.88. The van der Waals surface area contributed by atoms with Crippen LogP contribution >= 0.6 is 22.6 Å². The first-order valence-corrected chi connectivity index (χ1v) is 11.7. The van der Waals surface area contributed by atoms with Gasteiger partial charge in [0.2, 0.25) is 5.88 Å². The van der Waals surface area contributed by atoms with Crippen LogP contribution in [0.25, 0.3) is 0 Å². The number of benzene rings is 2. The molecule has 0 radical (unpaired) electrons. The van der Waals surface area contributed by atoms with Crippen LogP contribution < -0.4 is 15.2 Å². The predicted octanol–water partition coefficient (Wildman–Crippen LogP) is 5.22. The molecule has 8 heteroatoms. The van der Waals surface area contributed by atoms with E-state index in [1.165, 1.54) is 12.1 Å². The minimum absolute atomic E-state index is 0.0283. The Hall–Kier alpha value is -3.06. The Bertz CT molecular complexity index is 1200. The highest BCUT2D eigenvalue weighted by atomic mass is 127. The lowest BCUT2D eigenvalue weighted by Gasteiger charge is -2.31. The SMILES string of the molecule is CCOc1cc([C@H]2C(C#N)=C(N)OC3=C2C(=O)CCC3)cc(I)c1OCc1ccc(F)cc1. The summed E-state index contributed by atoms with van der Waals surface area (Å²) < 4.78 is 31.5. The number of hydrogen-bond acceptors (Lipinski definition) is 6. The maximum atomic E-state index is 13.2. The molecule has 2 aromatic carbocycles. The molecule has 0 fully saturated rings. The maximum absolute atomic E-state index is 13.2. The minimum Gasteiger partial charge on any atom is -0.490 e. The molecule has 2 aromatic rings. The topological polar surface area (TPSA) is 94.6 Å². The van der Waals surface area contributed by atoms with Gasteiger partial charge in [0, 0.05) is 18.4 Å². The van der Waals surface area contributed by atoms with Gasteiger partial charge in [-0.25, -0.2) is 4.39 Å². The lowest BCUT2D eigenvalue weighted by Crippen LogP contribution is -2.27. The van der Waals surface area contributed by atoms with Crippen molar-refractivity contribution >= 4 is 28.4 Å². The van der Waals surface area contributed by atoms with Crippen LogP contribution in [0, 0.1) is 20.7 Å². The van der Waals surface area contributed by atoms with E-state index in [4.69, 9.17) is 19.9 Å². The first-order chi connectivity index (χ1) is 15.9. The van der Waals surface area contributed by atoms with Crippen molar-refractivity contribution in [2.45, 2.75) is 38.7 Å².